The molecule has 1 heterocycles. The summed E-state index contributed by atoms with van der Waals surface area (Å²) in [6.45, 7) is 0.402. The Labute approximate surface area is 201 Å². The first-order chi connectivity index (χ1) is 16.2. The highest BCUT2D eigenvalue weighted by molar-refractivity contribution is 8.18. The van der Waals surface area contributed by atoms with Crippen LogP contribution in [-0.2, 0) is 11.4 Å². The van der Waals surface area contributed by atoms with Gasteiger partial charge in [0.15, 0.2) is 5.17 Å². The fourth-order valence-electron chi connectivity index (χ4n) is 3.58. The van der Waals surface area contributed by atoms with E-state index in [2.05, 4.69) is 34.6 Å². The van der Waals surface area contributed by atoms with Crippen molar-refractivity contribution in [3.63, 3.8) is 0 Å². The van der Waals surface area contributed by atoms with Crippen LogP contribution < -0.4 is 10.1 Å². The lowest BCUT2D eigenvalue weighted by atomic mass is 10.1. The van der Waals surface area contributed by atoms with Crippen LogP contribution in [-0.4, -0.2) is 11.1 Å². The Morgan fingerprint density at radius 1 is 0.939 bits per heavy atom. The van der Waals surface area contributed by atoms with Crippen LogP contribution >= 0.6 is 23.4 Å². The van der Waals surface area contributed by atoms with Crippen LogP contribution in [0.4, 0.5) is 5.69 Å². The Morgan fingerprint density at radius 2 is 1.73 bits per heavy atom. The zero-order valence-corrected chi connectivity index (χ0v) is 19.1. The first-order valence-electron chi connectivity index (χ1n) is 10.4. The van der Waals surface area contributed by atoms with E-state index >= 15 is 0 Å². The number of nitrogens with one attached hydrogen (secondary N) is 1. The Hall–Kier alpha value is -3.54. The maximum absolute atomic E-state index is 12.5. The van der Waals surface area contributed by atoms with Crippen molar-refractivity contribution in [1.29, 1.82) is 0 Å². The Bertz CT molecular complexity index is 1390. The van der Waals surface area contributed by atoms with Gasteiger partial charge < -0.3 is 10.1 Å². The molecule has 1 fully saturated rings. The minimum absolute atomic E-state index is 0.199. The van der Waals surface area contributed by atoms with Gasteiger partial charge in [0.05, 0.1) is 10.6 Å². The average molecular weight is 471 g/mol. The van der Waals surface area contributed by atoms with Gasteiger partial charge in [-0.25, -0.2) is 4.99 Å². The predicted molar refractivity (Wildman–Crippen MR) is 137 cm³/mol. The smallest absolute Gasteiger partial charge is 0.264 e. The van der Waals surface area contributed by atoms with Gasteiger partial charge >= 0.3 is 0 Å². The van der Waals surface area contributed by atoms with E-state index in [1.54, 1.807) is 18.2 Å². The number of benzene rings is 4. The molecule has 0 bridgehead atoms. The zero-order valence-electron chi connectivity index (χ0n) is 17.5. The van der Waals surface area contributed by atoms with Crippen LogP contribution in [0.15, 0.2) is 101 Å². The molecule has 4 aromatic rings. The van der Waals surface area contributed by atoms with Crippen LogP contribution in [0, 0.1) is 0 Å². The molecule has 33 heavy (non-hydrogen) atoms. The number of rotatable bonds is 5. The molecule has 1 amide bonds. The van der Waals surface area contributed by atoms with Crippen molar-refractivity contribution in [1.82, 2.24) is 5.32 Å². The van der Waals surface area contributed by atoms with Crippen molar-refractivity contribution in [2.24, 2.45) is 4.99 Å². The molecule has 1 saturated heterocycles. The summed E-state index contributed by atoms with van der Waals surface area (Å²) in [5.74, 6) is 0.455. The standard InChI is InChI=1S/C27H19ClN2O2S/c28-21-13-14-24(32-17-19-9-6-8-18-7-4-5-12-23(18)19)20(15-21)16-25-26(31)30-27(33-25)29-22-10-2-1-3-11-22/h1-16H,17H2,(H,29,30,31)/b25-16-. The fraction of sp³-hybridized carbons (Fsp3) is 0.0370. The maximum Gasteiger partial charge on any atom is 0.264 e. The van der Waals surface area contributed by atoms with Gasteiger partial charge in [0.25, 0.3) is 5.91 Å². The number of hydrogen-bond donors (Lipinski definition) is 1. The minimum atomic E-state index is -0.199. The molecule has 162 valence electrons. The molecule has 0 aliphatic carbocycles. The molecule has 1 aliphatic rings. The number of para-hydroxylation sites is 1. The van der Waals surface area contributed by atoms with Crippen molar-refractivity contribution >= 4 is 57.0 Å². The molecule has 1 N–H and O–H groups in total. The van der Waals surface area contributed by atoms with Crippen molar-refractivity contribution in [3.8, 4) is 5.75 Å². The van der Waals surface area contributed by atoms with Gasteiger partial charge in [-0.05, 0) is 64.5 Å². The zero-order chi connectivity index (χ0) is 22.6. The molecule has 4 nitrogen and oxygen atoms in total. The number of nitrogens with zero attached hydrogens (tertiary/aromatic N) is 1. The maximum atomic E-state index is 12.5. The fourth-order valence-corrected chi connectivity index (χ4v) is 4.59. The van der Waals surface area contributed by atoms with E-state index in [0.717, 1.165) is 22.2 Å². The first kappa shape index (κ1) is 21.3. The lowest BCUT2D eigenvalue weighted by molar-refractivity contribution is -0.115. The summed E-state index contributed by atoms with van der Waals surface area (Å²) in [4.78, 5) is 17.6. The van der Waals surface area contributed by atoms with E-state index in [0.29, 0.717) is 27.5 Å². The summed E-state index contributed by atoms with van der Waals surface area (Å²) >= 11 is 7.55. The highest BCUT2D eigenvalue weighted by atomic mass is 35.5. The molecule has 0 saturated carbocycles. The number of carbonyl (C=O) groups is 1. The van der Waals surface area contributed by atoms with Crippen LogP contribution in [0.1, 0.15) is 11.1 Å². The van der Waals surface area contributed by atoms with E-state index in [-0.39, 0.29) is 5.91 Å². The van der Waals surface area contributed by atoms with Gasteiger partial charge in [-0.1, -0.05) is 72.3 Å². The summed E-state index contributed by atoms with van der Waals surface area (Å²) in [7, 11) is 0. The second-order valence-corrected chi connectivity index (χ2v) is 8.89. The van der Waals surface area contributed by atoms with Gasteiger partial charge in [-0.3, -0.25) is 4.79 Å². The quantitative estimate of drug-likeness (QED) is 0.320. The minimum Gasteiger partial charge on any atom is -0.488 e. The first-order valence-corrected chi connectivity index (χ1v) is 11.6. The number of fused-ring (bicyclic) bond motifs is 1. The third-order valence-electron chi connectivity index (χ3n) is 5.16. The Morgan fingerprint density at radius 3 is 2.61 bits per heavy atom. The molecule has 6 heteroatoms. The highest BCUT2D eigenvalue weighted by Crippen LogP contribution is 2.32. The van der Waals surface area contributed by atoms with Crippen molar-refractivity contribution in [2.45, 2.75) is 6.61 Å². The number of carbonyl (C=O) groups excluding carboxylic acids is 1. The summed E-state index contributed by atoms with van der Waals surface area (Å²) in [6.07, 6.45) is 1.79. The van der Waals surface area contributed by atoms with Crippen molar-refractivity contribution in [2.75, 3.05) is 0 Å². The van der Waals surface area contributed by atoms with Gasteiger partial charge in [-0.2, -0.15) is 0 Å². The van der Waals surface area contributed by atoms with Crippen LogP contribution in [0.2, 0.25) is 5.02 Å². The van der Waals surface area contributed by atoms with Gasteiger partial charge in [0, 0.05) is 10.6 Å². The molecule has 4 aromatic carbocycles. The summed E-state index contributed by atoms with van der Waals surface area (Å²) in [5, 5.41) is 6.25. The third kappa shape index (κ3) is 4.95. The Balaban J connectivity index is 1.40. The van der Waals surface area contributed by atoms with Crippen LogP contribution in [0.3, 0.4) is 0 Å². The van der Waals surface area contributed by atoms with Gasteiger partial charge in [0.1, 0.15) is 12.4 Å². The topological polar surface area (TPSA) is 50.7 Å². The monoisotopic (exact) mass is 470 g/mol. The highest BCUT2D eigenvalue weighted by Gasteiger charge is 2.24. The largest absolute Gasteiger partial charge is 0.488 e. The normalized spacial score (nSPS) is 15.8. The van der Waals surface area contributed by atoms with E-state index in [1.165, 1.54) is 17.1 Å². The van der Waals surface area contributed by atoms with Gasteiger partial charge in [0.2, 0.25) is 0 Å². The van der Waals surface area contributed by atoms with Crippen molar-refractivity contribution in [3.05, 3.63) is 112 Å². The summed E-state index contributed by atoms with van der Waals surface area (Å²) in [5.41, 5.74) is 2.61. The second kappa shape index (κ2) is 9.53. The lowest BCUT2D eigenvalue weighted by Crippen LogP contribution is -2.19. The summed E-state index contributed by atoms with van der Waals surface area (Å²) in [6, 6.07) is 29.3. The molecule has 5 rings (SSSR count). The van der Waals surface area contributed by atoms with E-state index in [1.807, 2.05) is 54.6 Å². The lowest BCUT2D eigenvalue weighted by Gasteiger charge is -2.12. The number of hydrogen-bond acceptors (Lipinski definition) is 4. The van der Waals surface area contributed by atoms with Crippen LogP contribution in [0.5, 0.6) is 5.75 Å². The van der Waals surface area contributed by atoms with E-state index in [9.17, 15) is 4.79 Å². The molecule has 0 atom stereocenters. The second-order valence-electron chi connectivity index (χ2n) is 7.43. The predicted octanol–water partition coefficient (Wildman–Crippen LogP) is 6.96. The molecular formula is C27H19ClN2O2S. The van der Waals surface area contributed by atoms with Gasteiger partial charge in [-0.15, -0.1) is 0 Å². The number of thioether (sulfide) groups is 1. The number of amidine groups is 1. The third-order valence-corrected chi connectivity index (χ3v) is 6.30. The molecule has 0 aromatic heterocycles. The van der Waals surface area contributed by atoms with E-state index < -0.39 is 0 Å². The molecule has 0 unspecified atom stereocenters. The number of amides is 1. The Kier molecular flexibility index (Phi) is 6.15. The van der Waals surface area contributed by atoms with Crippen LogP contribution in [0.25, 0.3) is 16.8 Å². The van der Waals surface area contributed by atoms with E-state index in [4.69, 9.17) is 16.3 Å². The number of halogens is 1. The molecule has 1 aliphatic heterocycles. The molecule has 0 spiro atoms. The van der Waals surface area contributed by atoms with Crippen molar-refractivity contribution < 1.29 is 9.53 Å². The summed E-state index contributed by atoms with van der Waals surface area (Å²) < 4.78 is 6.18. The number of ether oxygens (including phenoxy) is 1. The average Bonchev–Trinajstić information content (AvgIpc) is 3.17. The SMILES string of the molecule is O=C1NC(=Nc2ccccc2)S/C1=C\c1cc(Cl)ccc1OCc1cccc2ccccc12. The molecular weight excluding hydrogens is 452 g/mol. The number of aliphatic imine (C=N–C) groups is 1. The molecule has 0 radical (unpaired) electrons.